The minimum absolute atomic E-state index is 0. The zero-order valence-electron chi connectivity index (χ0n) is 14.9. The standard InChI is InChI=1S/C18H36O3.Li/c1-2-3-4-5-8-11-14-17(19)15-12-9-6-7-10-13-16-18(20)21;/h17,19H,2-16H2,1H3,(H,20,21);/q;+1/p-1. The van der Waals surface area contributed by atoms with E-state index in [1.807, 2.05) is 0 Å². The second-order valence-corrected chi connectivity index (χ2v) is 6.24. The molecule has 0 fully saturated rings. The topological polar surface area (TPSA) is 60.4 Å². The number of aliphatic carboxylic acids is 1. The van der Waals surface area contributed by atoms with E-state index in [4.69, 9.17) is 0 Å². The van der Waals surface area contributed by atoms with Crippen LogP contribution in [0.15, 0.2) is 0 Å². The van der Waals surface area contributed by atoms with E-state index < -0.39 is 5.97 Å². The fourth-order valence-corrected chi connectivity index (χ4v) is 2.66. The Morgan fingerprint density at radius 1 is 0.818 bits per heavy atom. The van der Waals surface area contributed by atoms with Crippen LogP contribution < -0.4 is 24.0 Å². The largest absolute Gasteiger partial charge is 1.00 e. The number of aliphatic hydroxyl groups excluding tert-OH is 1. The molecular formula is C18H35LiO3. The van der Waals surface area contributed by atoms with Crippen LogP contribution in [0.5, 0.6) is 0 Å². The number of carbonyl (C=O) groups is 1. The zero-order chi connectivity index (χ0) is 15.8. The zero-order valence-corrected chi connectivity index (χ0v) is 14.9. The third-order valence-corrected chi connectivity index (χ3v) is 4.06. The maximum atomic E-state index is 10.2. The van der Waals surface area contributed by atoms with Crippen molar-refractivity contribution in [1.29, 1.82) is 0 Å². The first-order valence-electron chi connectivity index (χ1n) is 9.04. The molecule has 0 spiro atoms. The number of rotatable bonds is 16. The second kappa shape index (κ2) is 19.1. The first-order chi connectivity index (χ1) is 10.2. The Kier molecular flexibility index (Phi) is 21.1. The fourth-order valence-electron chi connectivity index (χ4n) is 2.66. The number of carboxylic acids is 1. The first-order valence-corrected chi connectivity index (χ1v) is 9.04. The first kappa shape index (κ1) is 24.3. The minimum atomic E-state index is -0.937. The van der Waals surface area contributed by atoms with Crippen molar-refractivity contribution in [2.24, 2.45) is 0 Å². The monoisotopic (exact) mass is 306 g/mol. The molecule has 0 bridgehead atoms. The van der Waals surface area contributed by atoms with E-state index >= 15 is 0 Å². The number of unbranched alkanes of at least 4 members (excludes halogenated alkanes) is 10. The van der Waals surface area contributed by atoms with Gasteiger partial charge in [0.05, 0.1) is 6.10 Å². The summed E-state index contributed by atoms with van der Waals surface area (Å²) in [6, 6.07) is 0. The Bertz CT molecular complexity index is 234. The molecule has 4 heteroatoms. The molecule has 0 radical (unpaired) electrons. The molecule has 0 rings (SSSR count). The van der Waals surface area contributed by atoms with Crippen LogP contribution in [0.1, 0.15) is 103 Å². The number of aliphatic hydroxyl groups is 1. The molecule has 0 aliphatic heterocycles. The molecule has 0 heterocycles. The summed E-state index contributed by atoms with van der Waals surface area (Å²) in [6.45, 7) is 2.23. The predicted octanol–water partition coefficient (Wildman–Crippen LogP) is 0.973. The van der Waals surface area contributed by atoms with Gasteiger partial charge in [0.2, 0.25) is 0 Å². The van der Waals surface area contributed by atoms with Gasteiger partial charge in [-0.15, -0.1) is 0 Å². The number of hydrogen-bond donors (Lipinski definition) is 1. The van der Waals surface area contributed by atoms with E-state index in [0.717, 1.165) is 57.8 Å². The Morgan fingerprint density at radius 3 is 1.68 bits per heavy atom. The van der Waals surface area contributed by atoms with E-state index in [1.54, 1.807) is 0 Å². The van der Waals surface area contributed by atoms with E-state index in [1.165, 1.54) is 32.1 Å². The molecule has 1 N–H and O–H groups in total. The third-order valence-electron chi connectivity index (χ3n) is 4.06. The van der Waals surface area contributed by atoms with Crippen molar-refractivity contribution in [1.82, 2.24) is 0 Å². The molecule has 0 saturated heterocycles. The molecule has 0 aliphatic carbocycles. The minimum Gasteiger partial charge on any atom is -0.550 e. The van der Waals surface area contributed by atoms with Crippen molar-refractivity contribution >= 4 is 5.97 Å². The van der Waals surface area contributed by atoms with Crippen molar-refractivity contribution in [2.45, 2.75) is 109 Å². The third kappa shape index (κ3) is 20.0. The molecule has 0 aliphatic rings. The van der Waals surface area contributed by atoms with E-state index in [-0.39, 0.29) is 31.4 Å². The molecule has 1 unspecified atom stereocenters. The van der Waals surface area contributed by atoms with Gasteiger partial charge in [-0.1, -0.05) is 77.6 Å². The van der Waals surface area contributed by atoms with Crippen LogP contribution in [0, 0.1) is 0 Å². The normalized spacial score (nSPS) is 11.9. The quantitative estimate of drug-likeness (QED) is 0.341. The van der Waals surface area contributed by atoms with Crippen LogP contribution in [-0.2, 0) is 4.79 Å². The van der Waals surface area contributed by atoms with Crippen molar-refractivity contribution in [3.05, 3.63) is 0 Å². The number of hydrogen-bond acceptors (Lipinski definition) is 3. The van der Waals surface area contributed by atoms with Gasteiger partial charge in [0, 0.05) is 5.97 Å². The Hall–Kier alpha value is 0.0274. The molecule has 0 aromatic heterocycles. The average Bonchev–Trinajstić information content (AvgIpc) is 2.45. The van der Waals surface area contributed by atoms with Crippen LogP contribution in [0.2, 0.25) is 0 Å². The summed E-state index contributed by atoms with van der Waals surface area (Å²) in [4.78, 5) is 10.2. The fraction of sp³-hybridized carbons (Fsp3) is 0.944. The van der Waals surface area contributed by atoms with Gasteiger partial charge in [-0.05, 0) is 25.7 Å². The van der Waals surface area contributed by atoms with Gasteiger partial charge in [0.25, 0.3) is 0 Å². The van der Waals surface area contributed by atoms with Gasteiger partial charge < -0.3 is 15.0 Å². The van der Waals surface area contributed by atoms with Crippen molar-refractivity contribution in [2.75, 3.05) is 0 Å². The Labute approximate surface area is 149 Å². The summed E-state index contributed by atoms with van der Waals surface area (Å²) in [7, 11) is 0. The van der Waals surface area contributed by atoms with Crippen LogP contribution in [-0.4, -0.2) is 17.2 Å². The molecule has 0 aromatic carbocycles. The summed E-state index contributed by atoms with van der Waals surface area (Å²) in [5.41, 5.74) is 0. The Morgan fingerprint density at radius 2 is 1.23 bits per heavy atom. The molecule has 0 saturated carbocycles. The molecule has 0 aromatic rings. The van der Waals surface area contributed by atoms with E-state index in [9.17, 15) is 15.0 Å². The molecule has 1 atom stereocenters. The molecule has 0 amide bonds. The SMILES string of the molecule is CCCCCCCCC(O)CCCCCCCCC(=O)[O-].[Li+]. The second-order valence-electron chi connectivity index (χ2n) is 6.24. The summed E-state index contributed by atoms with van der Waals surface area (Å²) in [5, 5.41) is 20.1. The van der Waals surface area contributed by atoms with Gasteiger partial charge in [0.1, 0.15) is 0 Å². The van der Waals surface area contributed by atoms with Crippen molar-refractivity contribution < 1.29 is 33.9 Å². The van der Waals surface area contributed by atoms with Crippen LogP contribution in [0.4, 0.5) is 0 Å². The van der Waals surface area contributed by atoms with Crippen LogP contribution in [0.3, 0.4) is 0 Å². The van der Waals surface area contributed by atoms with Gasteiger partial charge >= 0.3 is 18.9 Å². The average molecular weight is 306 g/mol. The van der Waals surface area contributed by atoms with Crippen LogP contribution >= 0.6 is 0 Å². The summed E-state index contributed by atoms with van der Waals surface area (Å²) < 4.78 is 0. The van der Waals surface area contributed by atoms with Gasteiger partial charge in [0.15, 0.2) is 0 Å². The summed E-state index contributed by atoms with van der Waals surface area (Å²) in [6.07, 6.45) is 15.9. The van der Waals surface area contributed by atoms with E-state index in [2.05, 4.69) is 6.92 Å². The molecule has 126 valence electrons. The smallest absolute Gasteiger partial charge is 0.550 e. The van der Waals surface area contributed by atoms with Crippen molar-refractivity contribution in [3.63, 3.8) is 0 Å². The molecule has 3 nitrogen and oxygen atoms in total. The van der Waals surface area contributed by atoms with Crippen LogP contribution in [0.25, 0.3) is 0 Å². The predicted molar refractivity (Wildman–Crippen MR) is 85.9 cm³/mol. The number of carboxylic acid groups (broad SMARTS) is 1. The molecular weight excluding hydrogens is 271 g/mol. The van der Waals surface area contributed by atoms with E-state index in [0.29, 0.717) is 0 Å². The maximum Gasteiger partial charge on any atom is 1.00 e. The van der Waals surface area contributed by atoms with Gasteiger partial charge in [-0.3, -0.25) is 0 Å². The Balaban J connectivity index is 0. The number of carbonyl (C=O) groups excluding carboxylic acids is 1. The van der Waals surface area contributed by atoms with Gasteiger partial charge in [-0.2, -0.15) is 0 Å². The summed E-state index contributed by atoms with van der Waals surface area (Å²) in [5.74, 6) is -0.937. The summed E-state index contributed by atoms with van der Waals surface area (Å²) >= 11 is 0. The van der Waals surface area contributed by atoms with Gasteiger partial charge in [-0.25, -0.2) is 0 Å². The van der Waals surface area contributed by atoms with Crippen molar-refractivity contribution in [3.8, 4) is 0 Å². The maximum absolute atomic E-state index is 10.2. The molecule has 22 heavy (non-hydrogen) atoms.